The Labute approximate surface area is 314 Å². The molecule has 0 spiro atoms. The summed E-state index contributed by atoms with van der Waals surface area (Å²) in [6.45, 7) is 2.21. The number of imidazole rings is 1. The van der Waals surface area contributed by atoms with Crippen molar-refractivity contribution in [3.8, 4) is 39.1 Å². The molecule has 2 heterocycles. The van der Waals surface area contributed by atoms with Crippen molar-refractivity contribution in [3.63, 3.8) is 0 Å². The number of fused-ring (bicyclic) bond motifs is 5. The van der Waals surface area contributed by atoms with E-state index in [4.69, 9.17) is 4.98 Å². The van der Waals surface area contributed by atoms with Gasteiger partial charge in [-0.25, -0.2) is 4.98 Å². The smallest absolute Gasteiger partial charge is 0.114 e. The molecule has 0 aliphatic carbocycles. The lowest BCUT2D eigenvalue weighted by Crippen LogP contribution is -2.19. The van der Waals surface area contributed by atoms with Crippen molar-refractivity contribution in [3.05, 3.63) is 188 Å². The molecule has 11 rings (SSSR count). The van der Waals surface area contributed by atoms with Crippen molar-refractivity contribution in [1.29, 1.82) is 0 Å². The predicted molar refractivity (Wildman–Crippen MR) is 228 cm³/mol. The molecule has 0 N–H and O–H groups in total. The van der Waals surface area contributed by atoms with Crippen molar-refractivity contribution < 1.29 is 0 Å². The van der Waals surface area contributed by atoms with E-state index in [-0.39, 0.29) is 0 Å². The van der Waals surface area contributed by atoms with Crippen molar-refractivity contribution in [2.75, 3.05) is 4.90 Å². The Bertz CT molecular complexity index is 3090. The summed E-state index contributed by atoms with van der Waals surface area (Å²) in [5, 5.41) is 7.42. The van der Waals surface area contributed by atoms with Gasteiger partial charge in [0.15, 0.2) is 0 Å². The van der Waals surface area contributed by atoms with Crippen LogP contribution in [0.3, 0.4) is 0 Å². The van der Waals surface area contributed by atoms with Crippen LogP contribution in [0.2, 0.25) is 0 Å². The number of para-hydroxylation sites is 3. The van der Waals surface area contributed by atoms with Gasteiger partial charge >= 0.3 is 0 Å². The van der Waals surface area contributed by atoms with E-state index in [1.54, 1.807) is 0 Å². The number of nitrogens with zero attached hydrogens (tertiary/aromatic N) is 3. The minimum atomic E-state index is 0.813. The zero-order valence-corrected chi connectivity index (χ0v) is 29.9. The van der Waals surface area contributed by atoms with Gasteiger partial charge < -0.3 is 4.90 Å². The Hall–Kier alpha value is -6.97. The standard InChI is InChI=1S/C51H35N3/c1-2-47-52-44-24-14-26-46-51(44)54(47)50-42(23-13-25-45(50)53(46)38-19-7-4-8-20-38)49-40-22-12-11-21-39(40)48(37-28-27-34-17-9-10-18-35(34)31-37)41-30-29-36(32-43(41)49)33-15-5-3-6-16-33/h3-32H,2H2,1H3. The van der Waals surface area contributed by atoms with Gasteiger partial charge in [0.05, 0.1) is 28.1 Å². The Morgan fingerprint density at radius 1 is 0.463 bits per heavy atom. The van der Waals surface area contributed by atoms with Crippen molar-refractivity contribution in [2.24, 2.45) is 0 Å². The zero-order chi connectivity index (χ0) is 35.8. The van der Waals surface area contributed by atoms with E-state index in [0.717, 1.165) is 46.0 Å². The molecular weight excluding hydrogens is 655 g/mol. The number of benzene rings is 9. The lowest BCUT2D eigenvalue weighted by atomic mass is 9.83. The fraction of sp³-hybridized carbons (Fsp3) is 0.0392. The minimum Gasteiger partial charge on any atom is -0.306 e. The van der Waals surface area contributed by atoms with E-state index in [0.29, 0.717) is 0 Å². The third-order valence-electron chi connectivity index (χ3n) is 11.2. The lowest BCUT2D eigenvalue weighted by molar-refractivity contribution is 0.902. The van der Waals surface area contributed by atoms with Gasteiger partial charge in [0.2, 0.25) is 0 Å². The van der Waals surface area contributed by atoms with Crippen LogP contribution in [0.1, 0.15) is 12.7 Å². The molecular formula is C51H35N3. The van der Waals surface area contributed by atoms with Crippen LogP contribution >= 0.6 is 0 Å². The molecule has 0 bridgehead atoms. The highest BCUT2D eigenvalue weighted by atomic mass is 15.2. The van der Waals surface area contributed by atoms with Crippen LogP contribution in [0.4, 0.5) is 17.1 Å². The topological polar surface area (TPSA) is 21.1 Å². The predicted octanol–water partition coefficient (Wildman–Crippen LogP) is 13.8. The van der Waals surface area contributed by atoms with Crippen molar-refractivity contribution in [2.45, 2.75) is 13.3 Å². The van der Waals surface area contributed by atoms with Gasteiger partial charge in [-0.2, -0.15) is 0 Å². The van der Waals surface area contributed by atoms with E-state index in [1.165, 1.54) is 65.7 Å². The van der Waals surface area contributed by atoms with Gasteiger partial charge in [-0.3, -0.25) is 4.57 Å². The summed E-state index contributed by atoms with van der Waals surface area (Å²) in [6, 6.07) is 66.5. The molecule has 0 saturated carbocycles. The maximum absolute atomic E-state index is 5.26. The normalized spacial score (nSPS) is 12.2. The summed E-state index contributed by atoms with van der Waals surface area (Å²) >= 11 is 0. The maximum atomic E-state index is 5.26. The maximum Gasteiger partial charge on any atom is 0.114 e. The molecule has 0 amide bonds. The molecule has 3 heteroatoms. The zero-order valence-electron chi connectivity index (χ0n) is 29.9. The van der Waals surface area contributed by atoms with Crippen LogP contribution in [0.25, 0.3) is 82.4 Å². The van der Waals surface area contributed by atoms with Gasteiger partial charge in [-0.1, -0.05) is 146 Å². The molecule has 0 saturated heterocycles. The second kappa shape index (κ2) is 12.0. The lowest BCUT2D eigenvalue weighted by Gasteiger charge is -2.34. The summed E-state index contributed by atoms with van der Waals surface area (Å²) < 4.78 is 2.45. The summed E-state index contributed by atoms with van der Waals surface area (Å²) in [4.78, 5) is 7.68. The van der Waals surface area contributed by atoms with Gasteiger partial charge in [0.25, 0.3) is 0 Å². The number of aromatic nitrogens is 2. The second-order valence-electron chi connectivity index (χ2n) is 14.2. The van der Waals surface area contributed by atoms with E-state index in [1.807, 2.05) is 0 Å². The fourth-order valence-electron chi connectivity index (χ4n) is 8.88. The number of anilines is 3. The van der Waals surface area contributed by atoms with Gasteiger partial charge in [0.1, 0.15) is 5.82 Å². The van der Waals surface area contributed by atoms with Crippen molar-refractivity contribution >= 4 is 60.4 Å². The van der Waals surface area contributed by atoms with E-state index < -0.39 is 0 Å². The monoisotopic (exact) mass is 689 g/mol. The van der Waals surface area contributed by atoms with Crippen LogP contribution in [0, 0.1) is 0 Å². The first-order valence-electron chi connectivity index (χ1n) is 18.8. The third-order valence-corrected chi connectivity index (χ3v) is 11.2. The molecule has 0 fully saturated rings. The fourth-order valence-corrected chi connectivity index (χ4v) is 8.88. The van der Waals surface area contributed by atoms with Crippen LogP contribution in [-0.4, -0.2) is 9.55 Å². The molecule has 10 aromatic rings. The Morgan fingerprint density at radius 3 is 1.94 bits per heavy atom. The summed E-state index contributed by atoms with van der Waals surface area (Å²) in [5.74, 6) is 1.06. The number of hydrogen-bond acceptors (Lipinski definition) is 2. The first kappa shape index (κ1) is 30.6. The number of rotatable bonds is 5. The van der Waals surface area contributed by atoms with Crippen LogP contribution in [-0.2, 0) is 6.42 Å². The van der Waals surface area contributed by atoms with Crippen LogP contribution < -0.4 is 4.90 Å². The van der Waals surface area contributed by atoms with Crippen LogP contribution in [0.5, 0.6) is 0 Å². The molecule has 0 unspecified atom stereocenters. The first-order valence-corrected chi connectivity index (χ1v) is 18.8. The number of aryl methyl sites for hydroxylation is 1. The highest BCUT2D eigenvalue weighted by Crippen LogP contribution is 2.53. The first-order chi connectivity index (χ1) is 26.8. The largest absolute Gasteiger partial charge is 0.306 e. The quantitative estimate of drug-likeness (QED) is 0.168. The molecule has 1 aliphatic heterocycles. The summed E-state index contributed by atoms with van der Waals surface area (Å²) in [6.07, 6.45) is 0.813. The summed E-state index contributed by atoms with van der Waals surface area (Å²) in [5.41, 5.74) is 14.0. The highest BCUT2D eigenvalue weighted by molar-refractivity contribution is 6.23. The molecule has 3 nitrogen and oxygen atoms in total. The molecule has 9 aromatic carbocycles. The van der Waals surface area contributed by atoms with Crippen molar-refractivity contribution in [1.82, 2.24) is 9.55 Å². The SMILES string of the molecule is CCc1nc2cccc3c2n1-c1c(-c2c4ccccc4c(-c4ccc5ccccc5c4)c4ccc(-c5ccccc5)cc24)cccc1N3c1ccccc1. The van der Waals surface area contributed by atoms with Gasteiger partial charge in [-0.05, 0) is 103 Å². The summed E-state index contributed by atoms with van der Waals surface area (Å²) in [7, 11) is 0. The average molecular weight is 690 g/mol. The van der Waals surface area contributed by atoms with E-state index in [9.17, 15) is 0 Å². The minimum absolute atomic E-state index is 0.813. The van der Waals surface area contributed by atoms with E-state index in [2.05, 4.69) is 198 Å². The van der Waals surface area contributed by atoms with Gasteiger partial charge in [-0.15, -0.1) is 0 Å². The molecule has 54 heavy (non-hydrogen) atoms. The Kier molecular flexibility index (Phi) is 6.83. The molecule has 1 aliphatic rings. The number of hydrogen-bond donors (Lipinski definition) is 0. The second-order valence-corrected chi connectivity index (χ2v) is 14.2. The molecule has 0 atom stereocenters. The third kappa shape index (κ3) is 4.52. The Morgan fingerprint density at radius 2 is 1.13 bits per heavy atom. The average Bonchev–Trinajstić information content (AvgIpc) is 3.62. The van der Waals surface area contributed by atoms with E-state index >= 15 is 0 Å². The highest BCUT2D eigenvalue weighted by Gasteiger charge is 2.32. The van der Waals surface area contributed by atoms with Gasteiger partial charge in [0, 0.05) is 17.7 Å². The Balaban J connectivity index is 1.30. The molecule has 0 radical (unpaired) electrons. The molecule has 1 aromatic heterocycles. The van der Waals surface area contributed by atoms with Crippen LogP contribution in [0.15, 0.2) is 182 Å². The molecule has 254 valence electrons.